The van der Waals surface area contributed by atoms with Crippen LogP contribution in [0.4, 0.5) is 17.2 Å². The fraction of sp³-hybridized carbons (Fsp3) is 0.455. The van der Waals surface area contributed by atoms with E-state index in [9.17, 15) is 4.79 Å². The number of nitrogens with zero attached hydrogens (tertiary/aromatic N) is 3. The summed E-state index contributed by atoms with van der Waals surface area (Å²) in [6, 6.07) is 1.87. The molecule has 3 aliphatic rings. The Kier molecular flexibility index (Phi) is 5.58. The van der Waals surface area contributed by atoms with Crippen LogP contribution in [0.5, 0.6) is 5.88 Å². The Bertz CT molecular complexity index is 903. The van der Waals surface area contributed by atoms with E-state index < -0.39 is 0 Å². The average Bonchev–Trinajstić information content (AvgIpc) is 2.69. The first-order chi connectivity index (χ1) is 14.0. The molecule has 29 heavy (non-hydrogen) atoms. The molecule has 1 aliphatic carbocycles. The van der Waals surface area contributed by atoms with Gasteiger partial charge in [0.25, 0.3) is 0 Å². The molecule has 0 spiro atoms. The Morgan fingerprint density at radius 3 is 3.03 bits per heavy atom. The normalized spacial score (nSPS) is 20.6. The second kappa shape index (κ2) is 8.29. The number of fused-ring (bicyclic) bond motifs is 2. The number of hydrogen-bond acceptors (Lipinski definition) is 6. The minimum Gasteiger partial charge on any atom is -0.478 e. The summed E-state index contributed by atoms with van der Waals surface area (Å²) in [7, 11) is 2.16. The van der Waals surface area contributed by atoms with Gasteiger partial charge in [0.2, 0.25) is 11.8 Å². The van der Waals surface area contributed by atoms with Crippen LogP contribution in [0.1, 0.15) is 32.6 Å². The van der Waals surface area contributed by atoms with E-state index in [1.807, 2.05) is 11.0 Å². The molecule has 7 nitrogen and oxygen atoms in total. The molecule has 1 aromatic heterocycles. The molecule has 0 aromatic carbocycles. The van der Waals surface area contributed by atoms with Crippen LogP contribution in [0, 0.1) is 0 Å². The zero-order valence-corrected chi connectivity index (χ0v) is 17.2. The van der Waals surface area contributed by atoms with E-state index in [1.54, 1.807) is 0 Å². The third-order valence-electron chi connectivity index (χ3n) is 5.52. The van der Waals surface area contributed by atoms with Crippen molar-refractivity contribution in [2.45, 2.75) is 32.6 Å². The second-order valence-electron chi connectivity index (χ2n) is 7.91. The molecule has 1 fully saturated rings. The Labute approximate surface area is 171 Å². The van der Waals surface area contributed by atoms with Gasteiger partial charge in [-0.2, -0.15) is 4.98 Å². The third kappa shape index (κ3) is 4.29. The number of anilines is 3. The predicted molar refractivity (Wildman–Crippen MR) is 116 cm³/mol. The standard InChI is InChI=1S/C22H29N5O2/c1-3-4-9-29-20-11-18-21(22(23)25-20)24-19(28)14-27(18)12-15-5-6-17-13-26(2)8-7-16(17)10-15/h6,10-12H,3-5,7-9,13-14H2,1-2H3,(H2,23,25)(H,24,28). The largest absolute Gasteiger partial charge is 0.478 e. The van der Waals surface area contributed by atoms with Gasteiger partial charge in [0, 0.05) is 25.4 Å². The third-order valence-corrected chi connectivity index (χ3v) is 5.52. The molecule has 0 bridgehead atoms. The SMILES string of the molecule is CCCCOc1cc2c(c(N)n1)NC(=O)CN2C=C1C=C2CCN(C)CC2=CC1. The Balaban J connectivity index is 1.61. The van der Waals surface area contributed by atoms with E-state index in [2.05, 4.69) is 47.5 Å². The number of carbonyl (C=O) groups is 1. The summed E-state index contributed by atoms with van der Waals surface area (Å²) in [5.41, 5.74) is 11.5. The zero-order chi connectivity index (χ0) is 20.4. The van der Waals surface area contributed by atoms with Crippen molar-refractivity contribution in [2.75, 3.05) is 49.2 Å². The number of hydrogen-bond donors (Lipinski definition) is 2. The first kappa shape index (κ1) is 19.5. The van der Waals surface area contributed by atoms with Crippen LogP contribution >= 0.6 is 0 Å². The number of ether oxygens (including phenoxy) is 1. The average molecular weight is 396 g/mol. The van der Waals surface area contributed by atoms with E-state index in [1.165, 1.54) is 16.7 Å². The molecule has 1 amide bonds. The molecule has 0 unspecified atom stereocenters. The van der Waals surface area contributed by atoms with Crippen LogP contribution in [0.2, 0.25) is 0 Å². The van der Waals surface area contributed by atoms with Gasteiger partial charge in [-0.05, 0) is 43.0 Å². The maximum Gasteiger partial charge on any atom is 0.244 e. The Morgan fingerprint density at radius 1 is 1.34 bits per heavy atom. The van der Waals surface area contributed by atoms with Crippen LogP contribution in [0.25, 0.3) is 0 Å². The van der Waals surface area contributed by atoms with Crippen molar-refractivity contribution in [3.8, 4) is 5.88 Å². The van der Waals surface area contributed by atoms with Gasteiger partial charge in [-0.25, -0.2) is 0 Å². The number of allylic oxidation sites excluding steroid dienone is 3. The van der Waals surface area contributed by atoms with Crippen molar-refractivity contribution in [1.82, 2.24) is 9.88 Å². The lowest BCUT2D eigenvalue weighted by atomic mass is 9.90. The summed E-state index contributed by atoms with van der Waals surface area (Å²) >= 11 is 0. The number of rotatable bonds is 5. The number of likely N-dealkylation sites (N-methyl/N-ethyl adjacent to an activating group) is 1. The van der Waals surface area contributed by atoms with Gasteiger partial charge in [-0.3, -0.25) is 4.79 Å². The number of nitrogen functional groups attached to an aromatic ring is 1. The van der Waals surface area contributed by atoms with Gasteiger partial charge in [-0.1, -0.05) is 25.5 Å². The molecule has 3 N–H and O–H groups in total. The van der Waals surface area contributed by atoms with E-state index in [0.717, 1.165) is 44.5 Å². The van der Waals surface area contributed by atoms with Crippen molar-refractivity contribution >= 4 is 23.1 Å². The summed E-state index contributed by atoms with van der Waals surface area (Å²) < 4.78 is 5.76. The molecule has 2 aliphatic heterocycles. The summed E-state index contributed by atoms with van der Waals surface area (Å²) in [6.45, 7) is 5.05. The minimum absolute atomic E-state index is 0.0958. The van der Waals surface area contributed by atoms with Gasteiger partial charge in [0.1, 0.15) is 12.2 Å². The van der Waals surface area contributed by atoms with E-state index in [0.29, 0.717) is 18.2 Å². The molecule has 0 saturated carbocycles. The first-order valence-electron chi connectivity index (χ1n) is 10.3. The number of amides is 1. The van der Waals surface area contributed by atoms with Gasteiger partial charge in [0.05, 0.1) is 12.3 Å². The highest BCUT2D eigenvalue weighted by molar-refractivity contribution is 6.04. The fourth-order valence-electron chi connectivity index (χ4n) is 3.93. The van der Waals surface area contributed by atoms with Crippen molar-refractivity contribution in [3.63, 3.8) is 0 Å². The number of aromatic nitrogens is 1. The molecule has 1 saturated heterocycles. The van der Waals surface area contributed by atoms with Crippen LogP contribution < -0.4 is 20.7 Å². The topological polar surface area (TPSA) is 83.7 Å². The Morgan fingerprint density at radius 2 is 2.21 bits per heavy atom. The number of likely N-dealkylation sites (tertiary alicyclic amines) is 1. The first-order valence-corrected chi connectivity index (χ1v) is 10.3. The van der Waals surface area contributed by atoms with Crippen LogP contribution in [0.3, 0.4) is 0 Å². The molecular weight excluding hydrogens is 366 g/mol. The highest BCUT2D eigenvalue weighted by Crippen LogP contribution is 2.38. The quantitative estimate of drug-likeness (QED) is 0.746. The molecular formula is C22H29N5O2. The molecule has 0 radical (unpaired) electrons. The van der Waals surface area contributed by atoms with Crippen molar-refractivity contribution < 1.29 is 9.53 Å². The lowest BCUT2D eigenvalue weighted by Gasteiger charge is -2.31. The number of carbonyl (C=O) groups excluding carboxylic acids is 1. The van der Waals surface area contributed by atoms with Crippen molar-refractivity contribution in [3.05, 3.63) is 41.1 Å². The zero-order valence-electron chi connectivity index (χ0n) is 17.2. The smallest absolute Gasteiger partial charge is 0.244 e. The number of nitrogens with one attached hydrogen (secondary N) is 1. The van der Waals surface area contributed by atoms with E-state index in [-0.39, 0.29) is 18.3 Å². The van der Waals surface area contributed by atoms with Gasteiger partial charge < -0.3 is 25.6 Å². The van der Waals surface area contributed by atoms with Crippen LogP contribution in [-0.2, 0) is 4.79 Å². The number of nitrogens with two attached hydrogens (primary N) is 1. The summed E-state index contributed by atoms with van der Waals surface area (Å²) in [6.07, 6.45) is 10.6. The van der Waals surface area contributed by atoms with Gasteiger partial charge in [0.15, 0.2) is 5.82 Å². The molecule has 154 valence electrons. The number of piperidine rings is 1. The van der Waals surface area contributed by atoms with Gasteiger partial charge in [-0.15, -0.1) is 0 Å². The summed E-state index contributed by atoms with van der Waals surface area (Å²) in [5, 5.41) is 2.85. The minimum atomic E-state index is -0.0958. The predicted octanol–water partition coefficient (Wildman–Crippen LogP) is 3.08. The highest BCUT2D eigenvalue weighted by atomic mass is 16.5. The van der Waals surface area contributed by atoms with E-state index >= 15 is 0 Å². The summed E-state index contributed by atoms with van der Waals surface area (Å²) in [5.74, 6) is 0.681. The molecule has 7 heteroatoms. The Hall–Kier alpha value is -2.80. The number of unbranched alkanes of at least 4 members (excludes halogenated alkanes) is 1. The van der Waals surface area contributed by atoms with E-state index in [4.69, 9.17) is 10.5 Å². The van der Waals surface area contributed by atoms with Crippen LogP contribution in [-0.4, -0.2) is 49.1 Å². The second-order valence-corrected chi connectivity index (χ2v) is 7.91. The van der Waals surface area contributed by atoms with Gasteiger partial charge >= 0.3 is 0 Å². The highest BCUT2D eigenvalue weighted by Gasteiger charge is 2.26. The number of pyridine rings is 1. The molecule has 3 heterocycles. The van der Waals surface area contributed by atoms with Crippen LogP contribution in [0.15, 0.2) is 41.1 Å². The molecule has 0 atom stereocenters. The lowest BCUT2D eigenvalue weighted by molar-refractivity contribution is -0.115. The fourth-order valence-corrected chi connectivity index (χ4v) is 3.93. The molecule has 4 rings (SSSR count). The summed E-state index contributed by atoms with van der Waals surface area (Å²) in [4.78, 5) is 20.9. The van der Waals surface area contributed by atoms with Crippen molar-refractivity contribution in [1.29, 1.82) is 0 Å². The van der Waals surface area contributed by atoms with Crippen molar-refractivity contribution in [2.24, 2.45) is 0 Å². The lowest BCUT2D eigenvalue weighted by Crippen LogP contribution is -2.36. The molecule has 1 aromatic rings. The maximum absolute atomic E-state index is 12.3. The monoisotopic (exact) mass is 395 g/mol. The maximum atomic E-state index is 12.3.